The Bertz CT molecular complexity index is 611. The molecular formula is C24H40N2O3. The quantitative estimate of drug-likeness (QED) is 0.699. The van der Waals surface area contributed by atoms with Crippen LogP contribution < -0.4 is 0 Å². The standard InChI is InChI=1S/C24H40N2O3/c1-24(2)11-5-4-6-18(24)14-22(27)26-12-9-17(10-13-26)16-25(3)23(28)20-15-19-7-8-21(20)29-19/h17-21H,4-16H2,1-3H3/t18?,19-,20-,21+/m1/s1. The average molecular weight is 405 g/mol. The van der Waals surface area contributed by atoms with Crippen molar-refractivity contribution in [3.63, 3.8) is 0 Å². The smallest absolute Gasteiger partial charge is 0.228 e. The van der Waals surface area contributed by atoms with Gasteiger partial charge in [0.2, 0.25) is 11.8 Å². The van der Waals surface area contributed by atoms with E-state index in [1.165, 1.54) is 25.7 Å². The third-order valence-electron chi connectivity index (χ3n) is 8.45. The summed E-state index contributed by atoms with van der Waals surface area (Å²) in [4.78, 5) is 29.8. The number of fused-ring (bicyclic) bond motifs is 2. The summed E-state index contributed by atoms with van der Waals surface area (Å²) in [7, 11) is 1.96. The van der Waals surface area contributed by atoms with Crippen LogP contribution in [0.15, 0.2) is 0 Å². The van der Waals surface area contributed by atoms with Crippen LogP contribution in [0.3, 0.4) is 0 Å². The zero-order valence-corrected chi connectivity index (χ0v) is 18.7. The second-order valence-corrected chi connectivity index (χ2v) is 10.9. The fourth-order valence-electron chi connectivity index (χ4n) is 6.31. The van der Waals surface area contributed by atoms with Crippen LogP contribution in [-0.4, -0.2) is 60.5 Å². The van der Waals surface area contributed by atoms with Gasteiger partial charge in [-0.15, -0.1) is 0 Å². The van der Waals surface area contributed by atoms with Crippen LogP contribution in [0.5, 0.6) is 0 Å². The fraction of sp³-hybridized carbons (Fsp3) is 0.917. The van der Waals surface area contributed by atoms with Crippen LogP contribution in [0.2, 0.25) is 0 Å². The van der Waals surface area contributed by atoms with E-state index in [9.17, 15) is 9.59 Å². The minimum absolute atomic E-state index is 0.0827. The average Bonchev–Trinajstić information content (AvgIpc) is 3.33. The predicted octanol–water partition coefficient (Wildman–Crippen LogP) is 3.86. The number of hydrogen-bond donors (Lipinski definition) is 0. The monoisotopic (exact) mass is 404 g/mol. The van der Waals surface area contributed by atoms with E-state index in [2.05, 4.69) is 18.7 Å². The molecule has 164 valence electrons. The van der Waals surface area contributed by atoms with Crippen molar-refractivity contribution in [3.8, 4) is 0 Å². The van der Waals surface area contributed by atoms with Gasteiger partial charge >= 0.3 is 0 Å². The summed E-state index contributed by atoms with van der Waals surface area (Å²) in [6, 6.07) is 0. The Balaban J connectivity index is 1.21. The number of hydrogen-bond acceptors (Lipinski definition) is 3. The zero-order chi connectivity index (χ0) is 20.6. The molecule has 2 amide bonds. The third kappa shape index (κ3) is 4.65. The fourth-order valence-corrected chi connectivity index (χ4v) is 6.31. The van der Waals surface area contributed by atoms with Crippen molar-refractivity contribution in [2.24, 2.45) is 23.2 Å². The molecule has 3 aliphatic heterocycles. The summed E-state index contributed by atoms with van der Waals surface area (Å²) in [5, 5.41) is 0. The number of likely N-dealkylation sites (tertiary alicyclic amines) is 1. The molecule has 0 spiro atoms. The van der Waals surface area contributed by atoms with E-state index in [4.69, 9.17) is 4.74 Å². The summed E-state index contributed by atoms with van der Waals surface area (Å²) >= 11 is 0. The molecule has 0 aromatic rings. The molecule has 0 N–H and O–H groups in total. The van der Waals surface area contributed by atoms with E-state index < -0.39 is 0 Å². The van der Waals surface area contributed by atoms with Gasteiger partial charge in [0.05, 0.1) is 18.1 Å². The minimum Gasteiger partial charge on any atom is -0.374 e. The summed E-state index contributed by atoms with van der Waals surface area (Å²) in [6.07, 6.45) is 11.4. The zero-order valence-electron chi connectivity index (χ0n) is 18.7. The van der Waals surface area contributed by atoms with Gasteiger partial charge in [0.25, 0.3) is 0 Å². The van der Waals surface area contributed by atoms with Crippen LogP contribution >= 0.6 is 0 Å². The molecule has 5 heteroatoms. The second-order valence-electron chi connectivity index (χ2n) is 10.9. The SMILES string of the molecule is CN(CC1CCN(C(=O)CC2CCCCC2(C)C)CC1)C(=O)[C@@H]1C[C@H]2CC[C@@H]1O2. The van der Waals surface area contributed by atoms with Crippen LogP contribution in [0.25, 0.3) is 0 Å². The Labute approximate surface area is 176 Å². The molecule has 1 aliphatic carbocycles. The van der Waals surface area contributed by atoms with E-state index in [0.29, 0.717) is 29.3 Å². The number of ether oxygens (including phenoxy) is 1. The van der Waals surface area contributed by atoms with Crippen molar-refractivity contribution >= 4 is 11.8 Å². The lowest BCUT2D eigenvalue weighted by Gasteiger charge is -2.40. The molecule has 1 unspecified atom stereocenters. The molecule has 2 bridgehead atoms. The molecule has 3 saturated heterocycles. The van der Waals surface area contributed by atoms with Crippen molar-refractivity contribution in [1.29, 1.82) is 0 Å². The Morgan fingerprint density at radius 3 is 2.45 bits per heavy atom. The first-order valence-corrected chi connectivity index (χ1v) is 12.0. The van der Waals surface area contributed by atoms with E-state index in [1.54, 1.807) is 0 Å². The number of carbonyl (C=O) groups excluding carboxylic acids is 2. The van der Waals surface area contributed by atoms with E-state index in [0.717, 1.165) is 58.2 Å². The van der Waals surface area contributed by atoms with Gasteiger partial charge in [0, 0.05) is 33.1 Å². The predicted molar refractivity (Wildman–Crippen MR) is 113 cm³/mol. The van der Waals surface area contributed by atoms with Crippen molar-refractivity contribution < 1.29 is 14.3 Å². The summed E-state index contributed by atoms with van der Waals surface area (Å²) < 4.78 is 5.87. The lowest BCUT2D eigenvalue weighted by molar-refractivity contribution is -0.138. The maximum atomic E-state index is 12.9. The van der Waals surface area contributed by atoms with E-state index in [1.807, 2.05) is 11.9 Å². The lowest BCUT2D eigenvalue weighted by atomic mass is 9.67. The van der Waals surface area contributed by atoms with Gasteiger partial charge in [0.15, 0.2) is 0 Å². The summed E-state index contributed by atoms with van der Waals surface area (Å²) in [5.41, 5.74) is 0.304. The molecule has 1 saturated carbocycles. The molecule has 4 atom stereocenters. The number of piperidine rings is 1. The molecule has 4 rings (SSSR count). The number of nitrogens with zero attached hydrogens (tertiary/aromatic N) is 2. The molecular weight excluding hydrogens is 364 g/mol. The summed E-state index contributed by atoms with van der Waals surface area (Å²) in [5.74, 6) is 1.76. The molecule has 29 heavy (non-hydrogen) atoms. The maximum absolute atomic E-state index is 12.9. The third-order valence-corrected chi connectivity index (χ3v) is 8.45. The Hall–Kier alpha value is -1.10. The first-order chi connectivity index (χ1) is 13.8. The first kappa shape index (κ1) is 21.1. The van der Waals surface area contributed by atoms with Gasteiger partial charge in [-0.25, -0.2) is 0 Å². The van der Waals surface area contributed by atoms with Crippen molar-refractivity contribution in [1.82, 2.24) is 9.80 Å². The lowest BCUT2D eigenvalue weighted by Crippen LogP contribution is -2.45. The van der Waals surface area contributed by atoms with Gasteiger partial charge in [-0.1, -0.05) is 26.7 Å². The molecule has 4 fully saturated rings. The van der Waals surface area contributed by atoms with Gasteiger partial charge < -0.3 is 14.5 Å². The number of amides is 2. The minimum atomic E-state index is 0.0827. The highest BCUT2D eigenvalue weighted by Crippen LogP contribution is 2.43. The normalized spacial score (nSPS) is 34.4. The van der Waals surface area contributed by atoms with Gasteiger partial charge in [-0.05, 0) is 62.2 Å². The molecule has 5 nitrogen and oxygen atoms in total. The second kappa shape index (κ2) is 8.56. The highest BCUT2D eigenvalue weighted by Gasteiger charge is 2.45. The maximum Gasteiger partial charge on any atom is 0.228 e. The topological polar surface area (TPSA) is 49.9 Å². The number of rotatable bonds is 5. The van der Waals surface area contributed by atoms with Gasteiger partial charge in [0.1, 0.15) is 0 Å². The van der Waals surface area contributed by atoms with E-state index >= 15 is 0 Å². The Morgan fingerprint density at radius 1 is 1.07 bits per heavy atom. The van der Waals surface area contributed by atoms with Crippen molar-refractivity contribution in [2.45, 2.75) is 90.3 Å². The molecule has 0 aromatic heterocycles. The van der Waals surface area contributed by atoms with Gasteiger partial charge in [-0.2, -0.15) is 0 Å². The molecule has 0 aromatic carbocycles. The Morgan fingerprint density at radius 2 is 1.83 bits per heavy atom. The van der Waals surface area contributed by atoms with E-state index in [-0.39, 0.29) is 17.9 Å². The van der Waals surface area contributed by atoms with Crippen LogP contribution in [0, 0.1) is 23.2 Å². The van der Waals surface area contributed by atoms with Crippen LogP contribution in [-0.2, 0) is 14.3 Å². The largest absolute Gasteiger partial charge is 0.374 e. The first-order valence-electron chi connectivity index (χ1n) is 12.0. The molecule has 4 aliphatic rings. The summed E-state index contributed by atoms with van der Waals surface area (Å²) in [6.45, 7) is 7.21. The number of carbonyl (C=O) groups is 2. The molecule has 0 radical (unpaired) electrons. The van der Waals surface area contributed by atoms with Gasteiger partial charge in [-0.3, -0.25) is 9.59 Å². The van der Waals surface area contributed by atoms with Crippen LogP contribution in [0.1, 0.15) is 78.1 Å². The van der Waals surface area contributed by atoms with Crippen LogP contribution in [0.4, 0.5) is 0 Å². The highest BCUT2D eigenvalue weighted by atomic mass is 16.5. The van der Waals surface area contributed by atoms with Crippen molar-refractivity contribution in [2.75, 3.05) is 26.7 Å². The van der Waals surface area contributed by atoms with Crippen molar-refractivity contribution in [3.05, 3.63) is 0 Å². The Kier molecular flexibility index (Phi) is 6.24. The molecule has 3 heterocycles. The highest BCUT2D eigenvalue weighted by molar-refractivity contribution is 5.79.